The van der Waals surface area contributed by atoms with E-state index in [0.717, 1.165) is 16.0 Å². The van der Waals surface area contributed by atoms with Gasteiger partial charge in [-0.05, 0) is 48.7 Å². The van der Waals surface area contributed by atoms with E-state index in [1.54, 1.807) is 37.4 Å². The fraction of sp³-hybridized carbons (Fsp3) is 0.227. The van der Waals surface area contributed by atoms with Crippen LogP contribution >= 0.6 is 11.3 Å². The first kappa shape index (κ1) is 20.7. The van der Waals surface area contributed by atoms with Gasteiger partial charge >= 0.3 is 0 Å². The Morgan fingerprint density at radius 3 is 2.45 bits per heavy atom. The lowest BCUT2D eigenvalue weighted by atomic mass is 10.1. The van der Waals surface area contributed by atoms with Crippen LogP contribution < -0.4 is 10.1 Å². The maximum absolute atomic E-state index is 13.0. The normalized spacial score (nSPS) is 10.6. The molecule has 1 amide bonds. The Bertz CT molecular complexity index is 968. The molecule has 2 aromatic carbocycles. The van der Waals surface area contributed by atoms with Crippen molar-refractivity contribution in [3.63, 3.8) is 0 Å². The lowest BCUT2D eigenvalue weighted by molar-refractivity contribution is -0.118. The van der Waals surface area contributed by atoms with Crippen LogP contribution in [0.3, 0.4) is 0 Å². The molecular formula is C22H21FN2O3S. The minimum atomic E-state index is -0.298. The van der Waals surface area contributed by atoms with Crippen molar-refractivity contribution in [3.05, 3.63) is 76.5 Å². The van der Waals surface area contributed by atoms with E-state index in [0.29, 0.717) is 30.1 Å². The van der Waals surface area contributed by atoms with Crippen LogP contribution in [0.15, 0.2) is 54.7 Å². The summed E-state index contributed by atoms with van der Waals surface area (Å²) < 4.78 is 18.5. The second kappa shape index (κ2) is 9.93. The Balaban J connectivity index is 1.45. The first-order valence-corrected chi connectivity index (χ1v) is 10.00. The van der Waals surface area contributed by atoms with E-state index >= 15 is 0 Å². The van der Waals surface area contributed by atoms with Crippen molar-refractivity contribution >= 4 is 28.2 Å². The van der Waals surface area contributed by atoms with Crippen LogP contribution in [0.5, 0.6) is 5.75 Å². The monoisotopic (exact) mass is 412 g/mol. The van der Waals surface area contributed by atoms with Crippen LogP contribution in [-0.4, -0.2) is 23.3 Å². The highest BCUT2D eigenvalue weighted by atomic mass is 32.1. The average molecular weight is 412 g/mol. The highest BCUT2D eigenvalue weighted by Gasteiger charge is 2.09. The summed E-state index contributed by atoms with van der Waals surface area (Å²) in [6, 6.07) is 13.6. The lowest BCUT2D eigenvalue weighted by Crippen LogP contribution is -2.19. The summed E-state index contributed by atoms with van der Waals surface area (Å²) in [6.45, 7) is 1.45. The number of amides is 1. The molecule has 5 nitrogen and oxygen atoms in total. The summed E-state index contributed by atoms with van der Waals surface area (Å²) in [5.74, 6) is 0.179. The van der Waals surface area contributed by atoms with Gasteiger partial charge in [-0.15, -0.1) is 11.3 Å². The molecule has 0 bridgehead atoms. The van der Waals surface area contributed by atoms with Crippen LogP contribution in [0.2, 0.25) is 0 Å². The van der Waals surface area contributed by atoms with E-state index in [2.05, 4.69) is 10.3 Å². The number of benzene rings is 2. The third kappa shape index (κ3) is 6.80. The zero-order valence-electron chi connectivity index (χ0n) is 16.0. The van der Waals surface area contributed by atoms with Crippen molar-refractivity contribution in [1.29, 1.82) is 0 Å². The van der Waals surface area contributed by atoms with Gasteiger partial charge in [-0.3, -0.25) is 10.1 Å². The Morgan fingerprint density at radius 2 is 1.76 bits per heavy atom. The Hall–Kier alpha value is -3.06. The Kier molecular flexibility index (Phi) is 7.08. The summed E-state index contributed by atoms with van der Waals surface area (Å²) in [7, 11) is 0. The largest absolute Gasteiger partial charge is 0.484 e. The van der Waals surface area contributed by atoms with Gasteiger partial charge in [0.2, 0.25) is 0 Å². The second-order valence-electron chi connectivity index (χ2n) is 6.62. The summed E-state index contributed by atoms with van der Waals surface area (Å²) >= 11 is 1.37. The number of carbonyl (C=O) groups is 2. The van der Waals surface area contributed by atoms with Crippen molar-refractivity contribution in [1.82, 2.24) is 4.98 Å². The van der Waals surface area contributed by atoms with E-state index in [9.17, 15) is 14.0 Å². The van der Waals surface area contributed by atoms with Gasteiger partial charge in [0.25, 0.3) is 5.91 Å². The smallest absolute Gasteiger partial charge is 0.264 e. The minimum Gasteiger partial charge on any atom is -0.484 e. The number of thiazole rings is 1. The standard InChI is InChI=1S/C22H21FN2O3S/c1-15(26)2-3-16-6-10-19(11-7-16)28-14-21(27)25-22-24-13-20(29-22)12-17-4-8-18(23)9-5-17/h4-11,13H,2-3,12,14H2,1H3,(H,24,25,27). The Morgan fingerprint density at radius 1 is 1.07 bits per heavy atom. The van der Waals surface area contributed by atoms with Crippen LogP contribution in [0.25, 0.3) is 0 Å². The number of aromatic nitrogens is 1. The first-order valence-electron chi connectivity index (χ1n) is 9.18. The summed E-state index contributed by atoms with van der Waals surface area (Å²) in [6.07, 6.45) is 3.53. The minimum absolute atomic E-state index is 0.125. The van der Waals surface area contributed by atoms with Gasteiger partial charge < -0.3 is 9.53 Å². The van der Waals surface area contributed by atoms with Crippen LogP contribution in [0.1, 0.15) is 29.3 Å². The summed E-state index contributed by atoms with van der Waals surface area (Å²) in [4.78, 5) is 28.3. The fourth-order valence-electron chi connectivity index (χ4n) is 2.63. The molecule has 3 aromatic rings. The predicted molar refractivity (Wildman–Crippen MR) is 111 cm³/mol. The van der Waals surface area contributed by atoms with Gasteiger partial charge in [-0.2, -0.15) is 0 Å². The number of anilines is 1. The van der Waals surface area contributed by atoms with Gasteiger partial charge in [0.05, 0.1) is 0 Å². The molecule has 7 heteroatoms. The van der Waals surface area contributed by atoms with Crippen molar-refractivity contribution < 1.29 is 18.7 Å². The number of carbonyl (C=O) groups excluding carboxylic acids is 2. The number of hydrogen-bond acceptors (Lipinski definition) is 5. The fourth-order valence-corrected chi connectivity index (χ4v) is 3.49. The van der Waals surface area contributed by atoms with Crippen molar-refractivity contribution in [2.24, 2.45) is 0 Å². The zero-order chi connectivity index (χ0) is 20.6. The summed E-state index contributed by atoms with van der Waals surface area (Å²) in [5.41, 5.74) is 2.02. The number of ether oxygens (including phenoxy) is 1. The molecule has 3 rings (SSSR count). The maximum Gasteiger partial charge on any atom is 0.264 e. The third-order valence-electron chi connectivity index (χ3n) is 4.15. The topological polar surface area (TPSA) is 68.3 Å². The van der Waals surface area contributed by atoms with Crippen molar-refractivity contribution in [3.8, 4) is 5.75 Å². The van der Waals surface area contributed by atoms with Crippen LogP contribution in [-0.2, 0) is 22.4 Å². The van der Waals surface area contributed by atoms with Gasteiger partial charge in [0.1, 0.15) is 17.3 Å². The van der Waals surface area contributed by atoms with Crippen molar-refractivity contribution in [2.45, 2.75) is 26.2 Å². The average Bonchev–Trinajstić information content (AvgIpc) is 3.14. The molecule has 150 valence electrons. The molecule has 0 aliphatic heterocycles. The van der Waals surface area contributed by atoms with Gasteiger partial charge in [0, 0.05) is 23.9 Å². The molecule has 0 atom stereocenters. The number of halogens is 1. The first-order chi connectivity index (χ1) is 14.0. The van der Waals surface area contributed by atoms with Gasteiger partial charge in [-0.25, -0.2) is 9.37 Å². The second-order valence-corrected chi connectivity index (χ2v) is 7.73. The molecule has 0 saturated heterocycles. The number of hydrogen-bond donors (Lipinski definition) is 1. The molecule has 0 aliphatic rings. The zero-order valence-corrected chi connectivity index (χ0v) is 16.8. The number of Topliss-reactive ketones (excluding diaryl/α,β-unsaturated/α-hetero) is 1. The number of ketones is 1. The highest BCUT2D eigenvalue weighted by Crippen LogP contribution is 2.21. The molecule has 0 unspecified atom stereocenters. The molecule has 1 aromatic heterocycles. The predicted octanol–water partition coefficient (Wildman–Crippen LogP) is 4.41. The van der Waals surface area contributed by atoms with E-state index in [1.165, 1.54) is 23.5 Å². The molecule has 29 heavy (non-hydrogen) atoms. The Labute approximate surface area is 172 Å². The van der Waals surface area contributed by atoms with E-state index in [4.69, 9.17) is 4.74 Å². The molecule has 0 radical (unpaired) electrons. The van der Waals surface area contributed by atoms with Gasteiger partial charge in [-0.1, -0.05) is 24.3 Å². The van der Waals surface area contributed by atoms with Gasteiger partial charge in [0.15, 0.2) is 11.7 Å². The number of nitrogens with zero attached hydrogens (tertiary/aromatic N) is 1. The molecule has 0 spiro atoms. The SMILES string of the molecule is CC(=O)CCc1ccc(OCC(=O)Nc2ncc(Cc3ccc(F)cc3)s2)cc1. The highest BCUT2D eigenvalue weighted by molar-refractivity contribution is 7.15. The van der Waals surface area contributed by atoms with Crippen molar-refractivity contribution in [2.75, 3.05) is 11.9 Å². The molecule has 1 N–H and O–H groups in total. The van der Waals surface area contributed by atoms with Crippen LogP contribution in [0.4, 0.5) is 9.52 Å². The number of nitrogens with one attached hydrogen (secondary N) is 1. The molecule has 1 heterocycles. The molecule has 0 aliphatic carbocycles. The third-order valence-corrected chi connectivity index (χ3v) is 5.06. The molecule has 0 fully saturated rings. The van der Waals surface area contributed by atoms with E-state index < -0.39 is 0 Å². The molecular weight excluding hydrogens is 391 g/mol. The molecule has 0 saturated carbocycles. The lowest BCUT2D eigenvalue weighted by Gasteiger charge is -2.07. The maximum atomic E-state index is 13.0. The van der Waals surface area contributed by atoms with Crippen LogP contribution in [0, 0.1) is 5.82 Å². The summed E-state index contributed by atoms with van der Waals surface area (Å²) in [5, 5.41) is 3.21. The van der Waals surface area contributed by atoms with E-state index in [-0.39, 0.29) is 24.1 Å². The number of rotatable bonds is 9. The van der Waals surface area contributed by atoms with E-state index in [1.807, 2.05) is 12.1 Å². The quantitative estimate of drug-likeness (QED) is 0.565. The number of aryl methyl sites for hydroxylation is 1.